The summed E-state index contributed by atoms with van der Waals surface area (Å²) in [6.45, 7) is 8.57. The van der Waals surface area contributed by atoms with Crippen LogP contribution < -0.4 is 15.0 Å². The summed E-state index contributed by atoms with van der Waals surface area (Å²) in [4.78, 5) is 18.3. The van der Waals surface area contributed by atoms with E-state index < -0.39 is 0 Å². The molecule has 1 aromatic heterocycles. The molecule has 0 radical (unpaired) electrons. The van der Waals surface area contributed by atoms with Gasteiger partial charge in [0.2, 0.25) is 0 Å². The van der Waals surface area contributed by atoms with Crippen LogP contribution in [0.2, 0.25) is 0 Å². The van der Waals surface area contributed by atoms with E-state index in [0.717, 1.165) is 31.9 Å². The van der Waals surface area contributed by atoms with Crippen LogP contribution in [-0.4, -0.2) is 36.6 Å². The molecule has 0 aromatic carbocycles. The zero-order chi connectivity index (χ0) is 14.5. The normalized spacial score (nSPS) is 18.6. The summed E-state index contributed by atoms with van der Waals surface area (Å²) in [7, 11) is 0. The van der Waals surface area contributed by atoms with E-state index >= 15 is 0 Å². The Kier molecular flexibility index (Phi) is 4.95. The molecule has 20 heavy (non-hydrogen) atoms. The highest BCUT2D eigenvalue weighted by Gasteiger charge is 2.25. The van der Waals surface area contributed by atoms with Gasteiger partial charge in [-0.25, -0.2) is 4.98 Å². The van der Waals surface area contributed by atoms with Crippen molar-refractivity contribution in [1.82, 2.24) is 10.3 Å². The fraction of sp³-hybridized carbons (Fsp3) is 0.600. The minimum atomic E-state index is -0.221. The Morgan fingerprint density at radius 1 is 1.60 bits per heavy atom. The van der Waals surface area contributed by atoms with Crippen LogP contribution in [-0.2, 0) is 4.79 Å². The third kappa shape index (κ3) is 3.48. The molecule has 1 aliphatic rings. The second-order valence-electron chi connectivity index (χ2n) is 5.39. The lowest BCUT2D eigenvalue weighted by molar-refractivity contribution is -0.137. The van der Waals surface area contributed by atoms with Crippen molar-refractivity contribution >= 4 is 11.8 Å². The summed E-state index contributed by atoms with van der Waals surface area (Å²) in [5.74, 6) is 0.961. The molecule has 1 saturated heterocycles. The molecule has 110 valence electrons. The van der Waals surface area contributed by atoms with Crippen molar-refractivity contribution in [3.8, 4) is 5.75 Å². The molecule has 5 heteroatoms. The molecule has 2 rings (SSSR count). The summed E-state index contributed by atoms with van der Waals surface area (Å²) in [6, 6.07) is 4.09. The van der Waals surface area contributed by atoms with Crippen LogP contribution >= 0.6 is 0 Å². The van der Waals surface area contributed by atoms with Gasteiger partial charge in [0.05, 0.1) is 5.92 Å². The maximum absolute atomic E-state index is 11.8. The average molecular weight is 277 g/mol. The Morgan fingerprint density at radius 2 is 2.40 bits per heavy atom. The van der Waals surface area contributed by atoms with Gasteiger partial charge in [0, 0.05) is 25.3 Å². The summed E-state index contributed by atoms with van der Waals surface area (Å²) >= 11 is 0. The molecule has 0 saturated carbocycles. The van der Waals surface area contributed by atoms with Crippen molar-refractivity contribution in [2.24, 2.45) is 5.92 Å². The van der Waals surface area contributed by atoms with Crippen molar-refractivity contribution < 1.29 is 9.53 Å². The van der Waals surface area contributed by atoms with E-state index in [4.69, 9.17) is 4.74 Å². The zero-order valence-corrected chi connectivity index (χ0v) is 12.4. The molecule has 0 aliphatic carbocycles. The van der Waals surface area contributed by atoms with Crippen LogP contribution in [0.3, 0.4) is 0 Å². The fourth-order valence-electron chi connectivity index (χ4n) is 2.33. The second-order valence-corrected chi connectivity index (χ2v) is 5.39. The third-order valence-corrected chi connectivity index (χ3v) is 3.41. The lowest BCUT2D eigenvalue weighted by Gasteiger charge is -2.20. The molecule has 1 aromatic rings. The first-order chi connectivity index (χ1) is 9.61. The first kappa shape index (κ1) is 14.8. The van der Waals surface area contributed by atoms with Crippen molar-refractivity contribution in [2.45, 2.75) is 33.2 Å². The predicted molar refractivity (Wildman–Crippen MR) is 79.0 cm³/mol. The van der Waals surface area contributed by atoms with E-state index in [1.807, 2.05) is 19.9 Å². The molecular weight excluding hydrogens is 254 g/mol. The van der Waals surface area contributed by atoms with Gasteiger partial charge in [-0.15, -0.1) is 0 Å². The van der Waals surface area contributed by atoms with Crippen LogP contribution in [0.4, 0.5) is 5.82 Å². The Hall–Kier alpha value is -1.62. The first-order valence-corrected chi connectivity index (χ1v) is 7.26. The number of hydrogen-bond acceptors (Lipinski definition) is 5. The molecule has 1 atom stereocenters. The van der Waals surface area contributed by atoms with Crippen molar-refractivity contribution in [3.05, 3.63) is 18.3 Å². The number of esters is 1. The minimum Gasteiger partial charge on any atom is -0.422 e. The zero-order valence-electron chi connectivity index (χ0n) is 12.4. The lowest BCUT2D eigenvalue weighted by Crippen LogP contribution is -2.32. The summed E-state index contributed by atoms with van der Waals surface area (Å²) in [5, 5.41) is 3.45. The van der Waals surface area contributed by atoms with E-state index in [1.165, 1.54) is 0 Å². The van der Waals surface area contributed by atoms with Crippen molar-refractivity contribution in [2.75, 3.05) is 24.5 Å². The smallest absolute Gasteiger partial charge is 0.313 e. The number of aromatic nitrogens is 1. The highest BCUT2D eigenvalue weighted by atomic mass is 16.5. The predicted octanol–water partition coefficient (Wildman–Crippen LogP) is 1.83. The number of carbonyl (C=O) groups is 1. The molecule has 1 aliphatic heterocycles. The largest absolute Gasteiger partial charge is 0.422 e. The number of anilines is 1. The average Bonchev–Trinajstić information content (AvgIpc) is 2.88. The molecule has 1 fully saturated rings. The maximum atomic E-state index is 11.8. The van der Waals surface area contributed by atoms with E-state index in [0.29, 0.717) is 11.8 Å². The van der Waals surface area contributed by atoms with E-state index in [2.05, 4.69) is 22.1 Å². The maximum Gasteiger partial charge on any atom is 0.313 e. The van der Waals surface area contributed by atoms with E-state index in [9.17, 15) is 4.79 Å². The molecule has 0 unspecified atom stereocenters. The van der Waals surface area contributed by atoms with Crippen LogP contribution in [0.5, 0.6) is 5.75 Å². The van der Waals surface area contributed by atoms with Gasteiger partial charge in [-0.2, -0.15) is 0 Å². The van der Waals surface area contributed by atoms with Gasteiger partial charge in [-0.05, 0) is 25.1 Å². The summed E-state index contributed by atoms with van der Waals surface area (Å²) < 4.78 is 5.45. The SMILES string of the molecule is CCN[C@@H]1CCN(c2ncccc2OC(=O)C(C)C)C1. The Balaban J connectivity index is 2.10. The topological polar surface area (TPSA) is 54.5 Å². The molecule has 0 bridgehead atoms. The first-order valence-electron chi connectivity index (χ1n) is 7.26. The van der Waals surface area contributed by atoms with Gasteiger partial charge in [0.25, 0.3) is 0 Å². The molecular formula is C15H23N3O2. The Bertz CT molecular complexity index is 462. The fourth-order valence-corrected chi connectivity index (χ4v) is 2.33. The summed E-state index contributed by atoms with van der Waals surface area (Å²) in [5.41, 5.74) is 0. The van der Waals surface area contributed by atoms with Crippen molar-refractivity contribution in [3.63, 3.8) is 0 Å². The van der Waals surface area contributed by atoms with Gasteiger partial charge in [-0.3, -0.25) is 4.79 Å². The molecule has 0 spiro atoms. The van der Waals surface area contributed by atoms with Crippen LogP contribution in [0, 0.1) is 5.92 Å². The number of nitrogens with zero attached hydrogens (tertiary/aromatic N) is 2. The number of hydrogen-bond donors (Lipinski definition) is 1. The number of ether oxygens (including phenoxy) is 1. The van der Waals surface area contributed by atoms with E-state index in [-0.39, 0.29) is 11.9 Å². The number of rotatable bonds is 5. The van der Waals surface area contributed by atoms with Crippen molar-refractivity contribution in [1.29, 1.82) is 0 Å². The van der Waals surface area contributed by atoms with Gasteiger partial charge < -0.3 is 15.0 Å². The quantitative estimate of drug-likeness (QED) is 0.832. The Morgan fingerprint density at radius 3 is 3.10 bits per heavy atom. The highest BCUT2D eigenvalue weighted by Crippen LogP contribution is 2.28. The van der Waals surface area contributed by atoms with Crippen LogP contribution in [0.15, 0.2) is 18.3 Å². The van der Waals surface area contributed by atoms with Gasteiger partial charge in [0.15, 0.2) is 11.6 Å². The second kappa shape index (κ2) is 6.70. The monoisotopic (exact) mass is 277 g/mol. The van der Waals surface area contributed by atoms with Gasteiger partial charge in [0.1, 0.15) is 0 Å². The Labute approximate surface area is 120 Å². The minimum absolute atomic E-state index is 0.142. The lowest BCUT2D eigenvalue weighted by atomic mass is 10.2. The van der Waals surface area contributed by atoms with Crippen LogP contribution in [0.25, 0.3) is 0 Å². The molecule has 5 nitrogen and oxygen atoms in total. The van der Waals surface area contributed by atoms with Crippen LogP contribution in [0.1, 0.15) is 27.2 Å². The molecule has 1 N–H and O–H groups in total. The molecule has 0 amide bonds. The standard InChI is InChI=1S/C15H23N3O2/c1-4-16-12-7-9-18(10-12)14-13(6-5-8-17-14)20-15(19)11(2)3/h5-6,8,11-12,16H,4,7,9-10H2,1-3H3/t12-/m1/s1. The molecule has 2 heterocycles. The van der Waals surface area contributed by atoms with E-state index in [1.54, 1.807) is 12.3 Å². The summed E-state index contributed by atoms with van der Waals surface area (Å²) in [6.07, 6.45) is 2.82. The number of likely N-dealkylation sites (N-methyl/N-ethyl adjacent to an activating group) is 1. The highest BCUT2D eigenvalue weighted by molar-refractivity contribution is 5.76. The van der Waals surface area contributed by atoms with Gasteiger partial charge >= 0.3 is 5.97 Å². The number of carbonyl (C=O) groups excluding carboxylic acids is 1. The number of pyridine rings is 1. The van der Waals surface area contributed by atoms with Gasteiger partial charge in [-0.1, -0.05) is 20.8 Å². The number of nitrogens with one attached hydrogen (secondary N) is 1. The third-order valence-electron chi connectivity index (χ3n) is 3.41.